The van der Waals surface area contributed by atoms with Crippen LogP contribution in [0.2, 0.25) is 0 Å². The first-order valence-electron chi connectivity index (χ1n) is 31.1. The van der Waals surface area contributed by atoms with Crippen LogP contribution in [0.1, 0.15) is 135 Å². The molecular formula is C62H94N16O11. The highest BCUT2D eigenvalue weighted by molar-refractivity contribution is 6.14. The van der Waals surface area contributed by atoms with Crippen LogP contribution in [0.25, 0.3) is 0 Å². The summed E-state index contributed by atoms with van der Waals surface area (Å²) in [4.78, 5) is 148. The zero-order chi connectivity index (χ0) is 65.2. The molecule has 89 heavy (non-hydrogen) atoms. The van der Waals surface area contributed by atoms with Gasteiger partial charge in [0, 0.05) is 32.5 Å². The number of nitrogens with two attached hydrogens (primary N) is 7. The number of hydrogen-bond acceptors (Lipinski definition) is 15. The molecule has 27 heteroatoms. The summed E-state index contributed by atoms with van der Waals surface area (Å²) in [5, 5.41) is 15.7. The third-order valence-corrected chi connectivity index (χ3v) is 17.6. The molecule has 1 unspecified atom stereocenters. The Hall–Kier alpha value is -8.20. The molecule has 1 heterocycles. The highest BCUT2D eigenvalue weighted by atomic mass is 16.5. The van der Waals surface area contributed by atoms with Crippen LogP contribution < -0.4 is 76.8 Å². The number of carbonyl (C=O) groups is 10. The number of primary amides is 2. The average molecular weight is 1240 g/mol. The summed E-state index contributed by atoms with van der Waals surface area (Å²) in [6.07, 6.45) is 6.37. The van der Waals surface area contributed by atoms with Crippen molar-refractivity contribution >= 4 is 70.9 Å². The van der Waals surface area contributed by atoms with Gasteiger partial charge in [0.15, 0.2) is 23.2 Å². The van der Waals surface area contributed by atoms with Crippen molar-refractivity contribution in [2.24, 2.45) is 79.2 Å². The van der Waals surface area contributed by atoms with Gasteiger partial charge in [-0.2, -0.15) is 0 Å². The quantitative estimate of drug-likeness (QED) is 0.0176. The fourth-order valence-electron chi connectivity index (χ4n) is 13.5. The second kappa shape index (κ2) is 32.3. The summed E-state index contributed by atoms with van der Waals surface area (Å²) >= 11 is 0. The average Bonchev–Trinajstić information content (AvgIpc) is 1.75. The highest BCUT2D eigenvalue weighted by Gasteiger charge is 2.60. The Balaban J connectivity index is 1.09. The first kappa shape index (κ1) is 69.9. The van der Waals surface area contributed by atoms with E-state index in [1.165, 1.54) is 4.90 Å². The molecule has 4 bridgehead atoms. The Bertz CT molecular complexity index is 2870. The lowest BCUT2D eigenvalue weighted by atomic mass is 9.48. The zero-order valence-corrected chi connectivity index (χ0v) is 51.8. The fraction of sp³-hybridized carbons (Fsp3) is 0.613. The van der Waals surface area contributed by atoms with Crippen molar-refractivity contribution < 1.29 is 52.7 Å². The molecule has 9 amide bonds. The first-order chi connectivity index (χ1) is 42.3. The van der Waals surface area contributed by atoms with E-state index in [4.69, 9.17) is 44.9 Å². The van der Waals surface area contributed by atoms with E-state index in [9.17, 15) is 38.4 Å². The number of ether oxygens (including phenoxy) is 1. The standard InChI is InChI=1S/C62H94N16O11/c1-5-42(63)57(87)78-24-12-21-62(78,48(79)34-61-31-38-25-39(32-61)27-40(26-38)33-61)58(88)75-45(16-11-22-70-59(67)68)53(83)72-44(51(66)81)15-10-23-71-60(69)77-55(85)47(30-49(65)80)74-56(86)50(35(3)4)76-54(84)46(29-36-13-8-7-9-14-36)73-52(82)43(64)28-37-17-19-41(20-18-37)89-6-2/h7-9,13-14,17-20,35,38-40,42-47,50H,5-6,10-12,15-16,21-34,63-64H2,1-4H3,(H2,65,80)(H2,66,81)(H,72,83)(H,73,82)(H,74,86)(H,75,88)(H,76,84)(H4,67,68,70)(H3,69,71,77,85)/t38?,39?,40?,42?,43-,44-,45+,46-,47-,50-,61?,62+/m0/s1. The maximum Gasteiger partial charge on any atom is 0.254 e. The molecule has 0 aromatic heterocycles. The molecule has 27 nitrogen and oxygen atoms in total. The van der Waals surface area contributed by atoms with Gasteiger partial charge in [-0.15, -0.1) is 0 Å². The fourth-order valence-corrected chi connectivity index (χ4v) is 13.5. The largest absolute Gasteiger partial charge is 0.494 e. The lowest BCUT2D eigenvalue weighted by Crippen LogP contribution is -2.67. The summed E-state index contributed by atoms with van der Waals surface area (Å²) in [5.74, 6) is -6.72. The van der Waals surface area contributed by atoms with Crippen molar-refractivity contribution in [1.82, 2.24) is 36.8 Å². The van der Waals surface area contributed by atoms with E-state index in [-0.39, 0.29) is 94.6 Å². The minimum atomic E-state index is -1.94. The maximum atomic E-state index is 15.1. The topological polar surface area (TPSA) is 462 Å². The van der Waals surface area contributed by atoms with E-state index in [0.717, 1.165) is 44.1 Å². The molecule has 1 aliphatic heterocycles. The monoisotopic (exact) mass is 1240 g/mol. The van der Waals surface area contributed by atoms with Crippen molar-refractivity contribution in [2.75, 3.05) is 26.2 Å². The van der Waals surface area contributed by atoms with Crippen LogP contribution in [-0.2, 0) is 60.8 Å². The maximum absolute atomic E-state index is 15.1. The van der Waals surface area contributed by atoms with E-state index >= 15 is 9.59 Å². The molecule has 4 saturated carbocycles. The van der Waals surface area contributed by atoms with Gasteiger partial charge in [0.2, 0.25) is 47.3 Å². The molecule has 4 aliphatic carbocycles. The Morgan fingerprint density at radius 1 is 0.640 bits per heavy atom. The third-order valence-electron chi connectivity index (χ3n) is 17.6. The molecule has 5 fully saturated rings. The Labute approximate surface area is 520 Å². The smallest absolute Gasteiger partial charge is 0.254 e. The summed E-state index contributed by atoms with van der Waals surface area (Å²) in [6.45, 7) is 7.39. The molecule has 20 N–H and O–H groups in total. The molecule has 0 radical (unpaired) electrons. The van der Waals surface area contributed by atoms with Gasteiger partial charge in [0.25, 0.3) is 5.91 Å². The van der Waals surface area contributed by atoms with Crippen molar-refractivity contribution in [3.05, 3.63) is 65.7 Å². The van der Waals surface area contributed by atoms with Gasteiger partial charge in [0.05, 0.1) is 25.1 Å². The van der Waals surface area contributed by atoms with Crippen LogP contribution in [0.5, 0.6) is 5.75 Å². The van der Waals surface area contributed by atoms with Crippen LogP contribution in [0.4, 0.5) is 0 Å². The minimum absolute atomic E-state index is 0.0259. The van der Waals surface area contributed by atoms with Gasteiger partial charge >= 0.3 is 0 Å². The minimum Gasteiger partial charge on any atom is -0.494 e. The summed E-state index contributed by atoms with van der Waals surface area (Å²) in [7, 11) is 0. The number of nitrogens with one attached hydrogen (secondary N) is 6. The second-order valence-corrected chi connectivity index (χ2v) is 24.9. The Morgan fingerprint density at radius 3 is 1.79 bits per heavy atom. The first-order valence-corrected chi connectivity index (χ1v) is 31.1. The van der Waals surface area contributed by atoms with E-state index in [1.54, 1.807) is 75.4 Å². The predicted molar refractivity (Wildman–Crippen MR) is 333 cm³/mol. The van der Waals surface area contributed by atoms with Gasteiger partial charge < -0.3 is 76.4 Å². The van der Waals surface area contributed by atoms with Crippen LogP contribution in [0.3, 0.4) is 0 Å². The number of guanidine groups is 2. The van der Waals surface area contributed by atoms with Gasteiger partial charge in [-0.1, -0.05) is 63.2 Å². The highest BCUT2D eigenvalue weighted by Crippen LogP contribution is 2.62. The van der Waals surface area contributed by atoms with Gasteiger partial charge in [-0.3, -0.25) is 63.2 Å². The molecule has 1 saturated heterocycles. The number of carbonyl (C=O) groups excluding carboxylic acids is 10. The van der Waals surface area contributed by atoms with E-state index in [1.807, 2.05) is 6.92 Å². The molecule has 8 atom stereocenters. The molecule has 2 aromatic carbocycles. The summed E-state index contributed by atoms with van der Waals surface area (Å²) < 4.78 is 5.50. The second-order valence-electron chi connectivity index (χ2n) is 24.9. The number of aliphatic imine (C=N–C) groups is 2. The number of nitrogens with zero attached hydrogens (tertiary/aromatic N) is 3. The van der Waals surface area contributed by atoms with Crippen molar-refractivity contribution in [1.29, 1.82) is 0 Å². The SMILES string of the molecule is CCOc1ccc(C[C@H](N)C(=O)N[C@@H](Cc2ccccc2)C(=O)N[C@H](C(=O)N[C@@H](CC(N)=O)C(=O)NC(N)=NCCC[C@H](NC(=O)[C@@H](CCCN=C(N)N)NC(=O)[C@]2(C(=O)CC34CC5CC(CC(C5)C3)C4)CCCN2C(=O)C(N)CC)C(N)=O)C(C)C)cc1. The Kier molecular flexibility index (Phi) is 25.4. The lowest BCUT2D eigenvalue weighted by Gasteiger charge is -2.57. The number of ketones is 1. The molecular weight excluding hydrogens is 1140 g/mol. The van der Waals surface area contributed by atoms with E-state index in [0.29, 0.717) is 42.1 Å². The number of Topliss-reactive ketones (excluding diaryl/α,β-unsaturated/α-hetero) is 1. The van der Waals surface area contributed by atoms with Crippen molar-refractivity contribution in [2.45, 2.75) is 185 Å². The van der Waals surface area contributed by atoms with E-state index < -0.39 is 119 Å². The number of likely N-dealkylation sites (tertiary alicyclic amines) is 1. The van der Waals surface area contributed by atoms with Crippen LogP contribution >= 0.6 is 0 Å². The molecule has 7 rings (SSSR count). The zero-order valence-electron chi connectivity index (χ0n) is 51.8. The third kappa shape index (κ3) is 19.4. The summed E-state index contributed by atoms with van der Waals surface area (Å²) in [5.41, 5.74) is 40.4. The van der Waals surface area contributed by atoms with Crippen molar-refractivity contribution in [3.8, 4) is 5.75 Å². The normalized spacial score (nSPS) is 22.4. The van der Waals surface area contributed by atoms with Gasteiger partial charge in [0.1, 0.15) is 36.0 Å². The van der Waals surface area contributed by atoms with Gasteiger partial charge in [-0.05, 0) is 149 Å². The Morgan fingerprint density at radius 2 is 1.21 bits per heavy atom. The van der Waals surface area contributed by atoms with Crippen molar-refractivity contribution in [3.63, 3.8) is 0 Å². The summed E-state index contributed by atoms with van der Waals surface area (Å²) in [6, 6.07) is 7.12. The number of hydrogen-bond donors (Lipinski definition) is 13. The lowest BCUT2D eigenvalue weighted by molar-refractivity contribution is -0.157. The molecule has 0 spiro atoms. The molecule has 5 aliphatic rings. The number of rotatable bonds is 34. The van der Waals surface area contributed by atoms with Crippen LogP contribution in [0, 0.1) is 29.1 Å². The number of benzene rings is 2. The molecule has 488 valence electrons. The number of amides is 9. The van der Waals surface area contributed by atoms with E-state index in [2.05, 4.69) is 41.9 Å². The predicted octanol–water partition coefficient (Wildman–Crippen LogP) is -0.823. The van der Waals surface area contributed by atoms with Gasteiger partial charge in [-0.25, -0.2) is 0 Å². The van der Waals surface area contributed by atoms with Crippen LogP contribution in [-0.4, -0.2) is 150 Å². The van der Waals surface area contributed by atoms with Crippen LogP contribution in [0.15, 0.2) is 64.6 Å². The molecule has 2 aromatic rings.